The molecule has 2 aliphatic heterocycles. The van der Waals surface area contributed by atoms with Gasteiger partial charge < -0.3 is 20.4 Å². The van der Waals surface area contributed by atoms with Gasteiger partial charge >= 0.3 is 6.03 Å². The number of fused-ring (bicyclic) bond motifs is 1. The van der Waals surface area contributed by atoms with Crippen molar-refractivity contribution in [3.8, 4) is 0 Å². The highest BCUT2D eigenvalue weighted by molar-refractivity contribution is 6.33. The van der Waals surface area contributed by atoms with Gasteiger partial charge in [-0.3, -0.25) is 4.79 Å². The molecule has 0 spiro atoms. The van der Waals surface area contributed by atoms with Crippen molar-refractivity contribution in [2.75, 3.05) is 38.0 Å². The summed E-state index contributed by atoms with van der Waals surface area (Å²) >= 11 is 6.00. The average molecular weight is 309 g/mol. The number of hydrogen-bond donors (Lipinski definition) is 2. The minimum absolute atomic E-state index is 0.0526. The van der Waals surface area contributed by atoms with Gasteiger partial charge in [0, 0.05) is 26.2 Å². The summed E-state index contributed by atoms with van der Waals surface area (Å²) in [5.74, 6) is -0.232. The Kier molecular flexibility index (Phi) is 3.98. The Bertz CT molecular complexity index is 566. The molecular formula is C14H17ClN4O2. The van der Waals surface area contributed by atoms with Crippen LogP contribution in [0.3, 0.4) is 0 Å². The molecule has 1 aromatic rings. The van der Waals surface area contributed by atoms with Crippen molar-refractivity contribution in [3.05, 3.63) is 29.3 Å². The van der Waals surface area contributed by atoms with E-state index in [1.165, 1.54) is 0 Å². The van der Waals surface area contributed by atoms with Gasteiger partial charge in [0.25, 0.3) is 0 Å². The highest BCUT2D eigenvalue weighted by Gasteiger charge is 2.38. The molecule has 2 aliphatic rings. The highest BCUT2D eigenvalue weighted by Crippen LogP contribution is 2.21. The lowest BCUT2D eigenvalue weighted by molar-refractivity contribution is -0.116. The van der Waals surface area contributed by atoms with Gasteiger partial charge in [0.15, 0.2) is 0 Å². The van der Waals surface area contributed by atoms with Gasteiger partial charge in [0.1, 0.15) is 6.54 Å². The maximum Gasteiger partial charge on any atom is 0.320 e. The number of anilines is 1. The number of nitrogens with one attached hydrogen (secondary N) is 2. The number of nitrogens with zero attached hydrogens (tertiary/aromatic N) is 2. The van der Waals surface area contributed by atoms with Gasteiger partial charge in [-0.25, -0.2) is 4.79 Å². The van der Waals surface area contributed by atoms with Gasteiger partial charge in [-0.1, -0.05) is 23.7 Å². The first kappa shape index (κ1) is 14.2. The quantitative estimate of drug-likeness (QED) is 0.875. The molecule has 3 amide bonds. The van der Waals surface area contributed by atoms with E-state index in [9.17, 15) is 9.59 Å². The maximum absolute atomic E-state index is 12.2. The number of amides is 3. The molecule has 21 heavy (non-hydrogen) atoms. The summed E-state index contributed by atoms with van der Waals surface area (Å²) in [7, 11) is 0. The number of piperazine rings is 1. The van der Waals surface area contributed by atoms with E-state index in [0.717, 1.165) is 13.1 Å². The van der Waals surface area contributed by atoms with E-state index in [4.69, 9.17) is 11.6 Å². The average Bonchev–Trinajstić information content (AvgIpc) is 2.78. The monoisotopic (exact) mass is 308 g/mol. The van der Waals surface area contributed by atoms with E-state index < -0.39 is 0 Å². The maximum atomic E-state index is 12.2. The number of urea groups is 1. The Balaban J connectivity index is 1.60. The Morgan fingerprint density at radius 2 is 2.24 bits per heavy atom. The summed E-state index contributed by atoms with van der Waals surface area (Å²) in [6.07, 6.45) is 0. The summed E-state index contributed by atoms with van der Waals surface area (Å²) in [6.45, 7) is 2.93. The number of carbonyl (C=O) groups is 2. The molecule has 6 nitrogen and oxygen atoms in total. The van der Waals surface area contributed by atoms with E-state index in [0.29, 0.717) is 23.8 Å². The van der Waals surface area contributed by atoms with Gasteiger partial charge in [-0.15, -0.1) is 0 Å². The van der Waals surface area contributed by atoms with Gasteiger partial charge in [0.05, 0.1) is 16.8 Å². The van der Waals surface area contributed by atoms with Crippen LogP contribution >= 0.6 is 11.6 Å². The zero-order valence-electron chi connectivity index (χ0n) is 11.5. The molecule has 1 aromatic carbocycles. The molecule has 0 aromatic heterocycles. The highest BCUT2D eigenvalue weighted by atomic mass is 35.5. The van der Waals surface area contributed by atoms with Crippen LogP contribution in [0.2, 0.25) is 5.02 Å². The zero-order chi connectivity index (χ0) is 14.8. The van der Waals surface area contributed by atoms with Crippen LogP contribution in [-0.2, 0) is 4.79 Å². The summed E-state index contributed by atoms with van der Waals surface area (Å²) in [4.78, 5) is 27.7. The molecule has 7 heteroatoms. The SMILES string of the molecule is O=C(CN1CC2CNCCN2C1=O)Nc1ccccc1Cl. The van der Waals surface area contributed by atoms with Crippen LogP contribution in [-0.4, -0.2) is 60.5 Å². The Labute approximate surface area is 128 Å². The van der Waals surface area contributed by atoms with Crippen LogP contribution in [0.1, 0.15) is 0 Å². The fourth-order valence-electron chi connectivity index (χ4n) is 2.75. The third kappa shape index (κ3) is 2.96. The number of benzene rings is 1. The molecular weight excluding hydrogens is 292 g/mol. The van der Waals surface area contributed by atoms with E-state index in [1.807, 2.05) is 4.90 Å². The van der Waals surface area contributed by atoms with Crippen molar-refractivity contribution in [3.63, 3.8) is 0 Å². The molecule has 0 radical (unpaired) electrons. The molecule has 0 aliphatic carbocycles. The number of hydrogen-bond acceptors (Lipinski definition) is 3. The topological polar surface area (TPSA) is 64.7 Å². The van der Waals surface area contributed by atoms with Crippen LogP contribution in [0.25, 0.3) is 0 Å². The molecule has 0 bridgehead atoms. The summed E-state index contributed by atoms with van der Waals surface area (Å²) in [6, 6.07) is 7.15. The third-order valence-corrected chi connectivity index (χ3v) is 4.11. The Morgan fingerprint density at radius 1 is 1.43 bits per heavy atom. The van der Waals surface area contributed by atoms with Crippen molar-refractivity contribution in [1.29, 1.82) is 0 Å². The van der Waals surface area contributed by atoms with Crippen molar-refractivity contribution < 1.29 is 9.59 Å². The minimum atomic E-state index is -0.232. The van der Waals surface area contributed by atoms with E-state index in [1.54, 1.807) is 29.2 Å². The second-order valence-electron chi connectivity index (χ2n) is 5.24. The predicted molar refractivity (Wildman–Crippen MR) is 80.4 cm³/mol. The van der Waals surface area contributed by atoms with Gasteiger partial charge in [-0.05, 0) is 12.1 Å². The van der Waals surface area contributed by atoms with Crippen LogP contribution in [0.15, 0.2) is 24.3 Å². The second-order valence-corrected chi connectivity index (χ2v) is 5.65. The minimum Gasteiger partial charge on any atom is -0.323 e. The van der Waals surface area contributed by atoms with E-state index in [2.05, 4.69) is 10.6 Å². The van der Waals surface area contributed by atoms with Crippen LogP contribution < -0.4 is 10.6 Å². The first-order valence-electron chi connectivity index (χ1n) is 6.96. The van der Waals surface area contributed by atoms with Crippen molar-refractivity contribution in [2.24, 2.45) is 0 Å². The molecule has 2 fully saturated rings. The molecule has 2 saturated heterocycles. The number of para-hydroxylation sites is 1. The van der Waals surface area contributed by atoms with Crippen LogP contribution in [0.4, 0.5) is 10.5 Å². The molecule has 2 heterocycles. The smallest absolute Gasteiger partial charge is 0.320 e. The first-order valence-corrected chi connectivity index (χ1v) is 7.33. The number of rotatable bonds is 3. The normalized spacial score (nSPS) is 21.4. The lowest BCUT2D eigenvalue weighted by Gasteiger charge is -2.28. The van der Waals surface area contributed by atoms with E-state index in [-0.39, 0.29) is 24.5 Å². The zero-order valence-corrected chi connectivity index (χ0v) is 12.3. The van der Waals surface area contributed by atoms with Crippen molar-refractivity contribution in [1.82, 2.24) is 15.1 Å². The molecule has 1 unspecified atom stereocenters. The molecule has 112 valence electrons. The summed E-state index contributed by atoms with van der Waals surface area (Å²) < 4.78 is 0. The largest absolute Gasteiger partial charge is 0.323 e. The lowest BCUT2D eigenvalue weighted by atomic mass is 10.2. The van der Waals surface area contributed by atoms with Crippen LogP contribution in [0.5, 0.6) is 0 Å². The number of halogens is 1. The summed E-state index contributed by atoms with van der Waals surface area (Å²) in [5.41, 5.74) is 0.565. The Hall–Kier alpha value is -1.79. The summed E-state index contributed by atoms with van der Waals surface area (Å²) in [5, 5.41) is 6.49. The standard InChI is InChI=1S/C14H17ClN4O2/c15-11-3-1-2-4-12(11)17-13(20)9-18-8-10-7-16-5-6-19(10)14(18)21/h1-4,10,16H,5-9H2,(H,17,20). The van der Waals surface area contributed by atoms with E-state index >= 15 is 0 Å². The molecule has 2 N–H and O–H groups in total. The predicted octanol–water partition coefficient (Wildman–Crippen LogP) is 0.988. The molecule has 1 atom stereocenters. The third-order valence-electron chi connectivity index (χ3n) is 3.78. The first-order chi connectivity index (χ1) is 10.1. The van der Waals surface area contributed by atoms with Gasteiger partial charge in [-0.2, -0.15) is 0 Å². The van der Waals surface area contributed by atoms with Crippen LogP contribution in [0, 0.1) is 0 Å². The Morgan fingerprint density at radius 3 is 3.00 bits per heavy atom. The second kappa shape index (κ2) is 5.91. The lowest BCUT2D eigenvalue weighted by Crippen LogP contribution is -2.49. The van der Waals surface area contributed by atoms with Gasteiger partial charge in [0.2, 0.25) is 5.91 Å². The van der Waals surface area contributed by atoms with Crippen molar-refractivity contribution in [2.45, 2.75) is 6.04 Å². The molecule has 3 rings (SSSR count). The fourth-order valence-corrected chi connectivity index (χ4v) is 2.93. The number of carbonyl (C=O) groups excluding carboxylic acids is 2. The fraction of sp³-hybridized carbons (Fsp3) is 0.429. The van der Waals surface area contributed by atoms with Crippen molar-refractivity contribution >= 4 is 29.2 Å². The molecule has 0 saturated carbocycles.